The number of rotatable bonds is 2. The molecule has 0 aromatic carbocycles. The second-order valence-electron chi connectivity index (χ2n) is 5.08. The number of aliphatic hydroxyl groups is 1. The van der Waals surface area contributed by atoms with E-state index in [0.29, 0.717) is 18.3 Å². The minimum atomic E-state index is -0.241. The number of nitrogen functional groups attached to an aromatic ring is 1. The summed E-state index contributed by atoms with van der Waals surface area (Å²) in [6.45, 7) is 3.45. The van der Waals surface area contributed by atoms with Crippen LogP contribution in [0.15, 0.2) is 0 Å². The molecule has 5 nitrogen and oxygen atoms in total. The van der Waals surface area contributed by atoms with E-state index in [4.69, 9.17) is 5.73 Å². The van der Waals surface area contributed by atoms with E-state index in [2.05, 4.69) is 14.9 Å². The topological polar surface area (TPSA) is 75.3 Å². The quantitative estimate of drug-likeness (QED) is 0.792. The SMILES string of the molecule is Cc1c(N)nc(C2CC2)nc1N1CCC(O)C1. The second kappa shape index (κ2) is 3.84. The third-order valence-electron chi connectivity index (χ3n) is 3.58. The Morgan fingerprint density at radius 3 is 2.65 bits per heavy atom. The van der Waals surface area contributed by atoms with Crippen LogP contribution in [0.5, 0.6) is 0 Å². The van der Waals surface area contributed by atoms with Crippen LogP contribution < -0.4 is 10.6 Å². The van der Waals surface area contributed by atoms with Gasteiger partial charge < -0.3 is 15.7 Å². The molecule has 3 rings (SSSR count). The number of nitrogens with zero attached hydrogens (tertiary/aromatic N) is 3. The predicted molar refractivity (Wildman–Crippen MR) is 66.0 cm³/mol. The molecule has 2 aliphatic rings. The lowest BCUT2D eigenvalue weighted by atomic mass is 10.2. The molecule has 1 saturated carbocycles. The van der Waals surface area contributed by atoms with Crippen molar-refractivity contribution in [3.8, 4) is 0 Å². The van der Waals surface area contributed by atoms with Crippen molar-refractivity contribution in [1.82, 2.24) is 9.97 Å². The Balaban J connectivity index is 1.96. The first kappa shape index (κ1) is 10.8. The number of hydrogen-bond donors (Lipinski definition) is 2. The van der Waals surface area contributed by atoms with Crippen LogP contribution in [0, 0.1) is 6.92 Å². The fourth-order valence-electron chi connectivity index (χ4n) is 2.31. The third-order valence-corrected chi connectivity index (χ3v) is 3.58. The zero-order chi connectivity index (χ0) is 12.0. The molecule has 0 spiro atoms. The molecule has 1 unspecified atom stereocenters. The summed E-state index contributed by atoms with van der Waals surface area (Å²) in [5.74, 6) is 2.88. The standard InChI is InChI=1S/C12H18N4O/c1-7-10(13)14-11(8-2-3-8)15-12(7)16-5-4-9(17)6-16/h8-9,17H,2-6H2,1H3,(H2,13,14,15). The van der Waals surface area contributed by atoms with Crippen molar-refractivity contribution >= 4 is 11.6 Å². The fraction of sp³-hybridized carbons (Fsp3) is 0.667. The van der Waals surface area contributed by atoms with E-state index in [9.17, 15) is 5.11 Å². The van der Waals surface area contributed by atoms with Gasteiger partial charge in [0.2, 0.25) is 0 Å². The van der Waals surface area contributed by atoms with Crippen LogP contribution >= 0.6 is 0 Å². The van der Waals surface area contributed by atoms with Crippen LogP contribution in [0.4, 0.5) is 11.6 Å². The summed E-state index contributed by atoms with van der Waals surface area (Å²) in [7, 11) is 0. The first-order chi connectivity index (χ1) is 8.15. The molecule has 1 saturated heterocycles. The normalized spacial score (nSPS) is 24.4. The summed E-state index contributed by atoms with van der Waals surface area (Å²) in [6.07, 6.45) is 2.91. The Morgan fingerprint density at radius 2 is 2.06 bits per heavy atom. The maximum atomic E-state index is 9.60. The van der Waals surface area contributed by atoms with Crippen molar-refractivity contribution in [3.05, 3.63) is 11.4 Å². The monoisotopic (exact) mass is 234 g/mol. The highest BCUT2D eigenvalue weighted by molar-refractivity contribution is 5.57. The van der Waals surface area contributed by atoms with E-state index < -0.39 is 0 Å². The minimum Gasteiger partial charge on any atom is -0.391 e. The molecular formula is C12H18N4O. The molecule has 1 aromatic heterocycles. The Bertz CT molecular complexity index is 444. The summed E-state index contributed by atoms with van der Waals surface area (Å²) >= 11 is 0. The maximum absolute atomic E-state index is 9.60. The first-order valence-electron chi connectivity index (χ1n) is 6.22. The number of anilines is 2. The van der Waals surface area contributed by atoms with Gasteiger partial charge in [0.05, 0.1) is 6.10 Å². The van der Waals surface area contributed by atoms with Gasteiger partial charge in [-0.3, -0.25) is 0 Å². The second-order valence-corrected chi connectivity index (χ2v) is 5.08. The average Bonchev–Trinajstić information content (AvgIpc) is 3.05. The largest absolute Gasteiger partial charge is 0.391 e. The van der Waals surface area contributed by atoms with Gasteiger partial charge in [0.15, 0.2) is 0 Å². The van der Waals surface area contributed by atoms with Crippen molar-refractivity contribution in [1.29, 1.82) is 0 Å². The van der Waals surface area contributed by atoms with Crippen molar-refractivity contribution < 1.29 is 5.11 Å². The molecule has 92 valence electrons. The highest BCUT2D eigenvalue weighted by atomic mass is 16.3. The zero-order valence-electron chi connectivity index (χ0n) is 10.1. The molecular weight excluding hydrogens is 216 g/mol. The lowest BCUT2D eigenvalue weighted by Crippen LogP contribution is -2.24. The number of aliphatic hydroxyl groups excluding tert-OH is 1. The van der Waals surface area contributed by atoms with Gasteiger partial charge >= 0.3 is 0 Å². The molecule has 2 heterocycles. The Labute approximate surface area is 101 Å². The molecule has 0 radical (unpaired) electrons. The van der Waals surface area contributed by atoms with Gasteiger partial charge in [-0.2, -0.15) is 0 Å². The van der Waals surface area contributed by atoms with Crippen LogP contribution in [0.2, 0.25) is 0 Å². The average molecular weight is 234 g/mol. The molecule has 17 heavy (non-hydrogen) atoms. The highest BCUT2D eigenvalue weighted by Crippen LogP contribution is 2.39. The van der Waals surface area contributed by atoms with Crippen molar-refractivity contribution in [2.75, 3.05) is 23.7 Å². The van der Waals surface area contributed by atoms with Crippen LogP contribution in [0.3, 0.4) is 0 Å². The van der Waals surface area contributed by atoms with Crippen molar-refractivity contribution in [2.24, 2.45) is 0 Å². The summed E-state index contributed by atoms with van der Waals surface area (Å²) in [5.41, 5.74) is 6.88. The van der Waals surface area contributed by atoms with Gasteiger partial charge in [-0.15, -0.1) is 0 Å². The Hall–Kier alpha value is -1.36. The van der Waals surface area contributed by atoms with Crippen LogP contribution in [0.1, 0.15) is 36.6 Å². The number of hydrogen-bond acceptors (Lipinski definition) is 5. The summed E-state index contributed by atoms with van der Waals surface area (Å²) < 4.78 is 0. The predicted octanol–water partition coefficient (Wildman–Crippen LogP) is 0.816. The van der Waals surface area contributed by atoms with Gasteiger partial charge in [0.1, 0.15) is 17.5 Å². The highest BCUT2D eigenvalue weighted by Gasteiger charge is 2.30. The Kier molecular flexibility index (Phi) is 2.43. The van der Waals surface area contributed by atoms with Gasteiger partial charge in [0.25, 0.3) is 0 Å². The Morgan fingerprint density at radius 1 is 1.29 bits per heavy atom. The fourth-order valence-corrected chi connectivity index (χ4v) is 2.31. The van der Waals surface area contributed by atoms with E-state index >= 15 is 0 Å². The summed E-state index contributed by atoms with van der Waals surface area (Å²) in [6, 6.07) is 0. The van der Waals surface area contributed by atoms with E-state index in [0.717, 1.165) is 30.2 Å². The lowest BCUT2D eigenvalue weighted by Gasteiger charge is -2.20. The minimum absolute atomic E-state index is 0.241. The van der Waals surface area contributed by atoms with Gasteiger partial charge in [0, 0.05) is 24.6 Å². The smallest absolute Gasteiger partial charge is 0.137 e. The van der Waals surface area contributed by atoms with Gasteiger partial charge in [-0.05, 0) is 26.2 Å². The van der Waals surface area contributed by atoms with Gasteiger partial charge in [-0.25, -0.2) is 9.97 Å². The van der Waals surface area contributed by atoms with E-state index in [1.54, 1.807) is 0 Å². The number of aromatic nitrogens is 2. The number of nitrogens with two attached hydrogens (primary N) is 1. The van der Waals surface area contributed by atoms with Crippen molar-refractivity contribution in [2.45, 2.75) is 38.2 Å². The molecule has 3 N–H and O–H groups in total. The molecule has 1 aliphatic carbocycles. The first-order valence-corrected chi connectivity index (χ1v) is 6.22. The zero-order valence-corrected chi connectivity index (χ0v) is 10.1. The van der Waals surface area contributed by atoms with E-state index in [1.807, 2.05) is 6.92 Å². The van der Waals surface area contributed by atoms with E-state index in [-0.39, 0.29) is 6.10 Å². The summed E-state index contributed by atoms with van der Waals surface area (Å²) in [5, 5.41) is 9.60. The molecule has 0 bridgehead atoms. The molecule has 1 aliphatic heterocycles. The van der Waals surface area contributed by atoms with E-state index in [1.165, 1.54) is 12.8 Å². The molecule has 5 heteroatoms. The maximum Gasteiger partial charge on any atom is 0.137 e. The third kappa shape index (κ3) is 1.95. The lowest BCUT2D eigenvalue weighted by molar-refractivity contribution is 0.198. The number of β-amino-alcohol motifs (C(OH)–C–C–N with tert-alkyl or cyclic N) is 1. The van der Waals surface area contributed by atoms with Crippen molar-refractivity contribution in [3.63, 3.8) is 0 Å². The molecule has 2 fully saturated rings. The van der Waals surface area contributed by atoms with Crippen LogP contribution in [-0.4, -0.2) is 34.3 Å². The molecule has 1 aromatic rings. The van der Waals surface area contributed by atoms with Gasteiger partial charge in [-0.1, -0.05) is 0 Å². The summed E-state index contributed by atoms with van der Waals surface area (Å²) in [4.78, 5) is 11.1. The molecule has 0 amide bonds. The van der Waals surface area contributed by atoms with Crippen LogP contribution in [0.25, 0.3) is 0 Å². The van der Waals surface area contributed by atoms with Crippen LogP contribution in [-0.2, 0) is 0 Å². The molecule has 1 atom stereocenters.